The lowest BCUT2D eigenvalue weighted by Gasteiger charge is -2.36. The lowest BCUT2D eigenvalue weighted by atomic mass is 9.95. The van der Waals surface area contributed by atoms with Crippen LogP contribution in [0.1, 0.15) is 48.1 Å². The molecule has 1 unspecified atom stereocenters. The molecule has 2 rings (SSSR count). The molecule has 1 N–H and O–H groups in total. The second kappa shape index (κ2) is 8.83. The largest absolute Gasteiger partial charge is 0.345 e. The Morgan fingerprint density at radius 3 is 1.79 bits per heavy atom. The van der Waals surface area contributed by atoms with E-state index in [0.717, 1.165) is 27.8 Å². The van der Waals surface area contributed by atoms with Gasteiger partial charge in [-0.25, -0.2) is 8.42 Å². The van der Waals surface area contributed by atoms with Gasteiger partial charge in [0.05, 0.1) is 4.90 Å². The van der Waals surface area contributed by atoms with Gasteiger partial charge in [-0.05, 0) is 69.4 Å². The molecule has 1 aliphatic rings. The van der Waals surface area contributed by atoms with Crippen molar-refractivity contribution in [2.75, 3.05) is 26.2 Å². The molecule has 2 amide bonds. The van der Waals surface area contributed by atoms with Crippen molar-refractivity contribution in [1.29, 1.82) is 0 Å². The summed E-state index contributed by atoms with van der Waals surface area (Å²) < 4.78 is 28.3. The van der Waals surface area contributed by atoms with Crippen molar-refractivity contribution in [1.82, 2.24) is 14.5 Å². The van der Waals surface area contributed by atoms with Crippen LogP contribution in [0.3, 0.4) is 0 Å². The molecule has 0 aliphatic carbocycles. The molecule has 1 saturated heterocycles. The standard InChI is InChI=1S/C21H33N3O4S/c1-8-19(25)22-18(7)21(26)23-9-11-24(12-10-23)29(27,28)20-16(5)14(3)13(2)15(4)17(20)6/h18H,8-12H2,1-7H3,(H,22,25). The van der Waals surface area contributed by atoms with Gasteiger partial charge in [-0.15, -0.1) is 0 Å². The Hall–Kier alpha value is -1.93. The molecule has 0 bridgehead atoms. The number of carbonyl (C=O) groups excluding carboxylic acids is 2. The highest BCUT2D eigenvalue weighted by Gasteiger charge is 2.34. The molecule has 29 heavy (non-hydrogen) atoms. The lowest BCUT2D eigenvalue weighted by molar-refractivity contribution is -0.136. The summed E-state index contributed by atoms with van der Waals surface area (Å²) in [6, 6.07) is -0.613. The van der Waals surface area contributed by atoms with Crippen molar-refractivity contribution in [3.8, 4) is 0 Å². The molecular formula is C21H33N3O4S. The molecule has 1 aromatic carbocycles. The Labute approximate surface area is 174 Å². The van der Waals surface area contributed by atoms with Crippen LogP contribution in [0.25, 0.3) is 0 Å². The van der Waals surface area contributed by atoms with Gasteiger partial charge >= 0.3 is 0 Å². The Morgan fingerprint density at radius 1 is 0.897 bits per heavy atom. The van der Waals surface area contributed by atoms with Crippen LogP contribution in [0, 0.1) is 34.6 Å². The predicted octanol–water partition coefficient (Wildman–Crippen LogP) is 1.98. The second-order valence-corrected chi connectivity index (χ2v) is 9.70. The molecule has 1 aliphatic heterocycles. The first-order valence-electron chi connectivity index (χ1n) is 10.1. The van der Waals surface area contributed by atoms with Crippen LogP contribution in [0.15, 0.2) is 4.90 Å². The van der Waals surface area contributed by atoms with Crippen molar-refractivity contribution in [2.24, 2.45) is 0 Å². The van der Waals surface area contributed by atoms with Crippen LogP contribution in [0.5, 0.6) is 0 Å². The second-order valence-electron chi connectivity index (χ2n) is 7.83. The van der Waals surface area contributed by atoms with Crippen LogP contribution in [-0.4, -0.2) is 61.7 Å². The van der Waals surface area contributed by atoms with Gasteiger partial charge in [0.25, 0.3) is 0 Å². The van der Waals surface area contributed by atoms with Crippen LogP contribution in [-0.2, 0) is 19.6 Å². The number of piperazine rings is 1. The number of hydrogen-bond donors (Lipinski definition) is 1. The number of benzene rings is 1. The third kappa shape index (κ3) is 4.48. The van der Waals surface area contributed by atoms with Crippen molar-refractivity contribution < 1.29 is 18.0 Å². The van der Waals surface area contributed by atoms with E-state index >= 15 is 0 Å². The normalized spacial score (nSPS) is 16.6. The minimum atomic E-state index is -3.65. The third-order valence-electron chi connectivity index (χ3n) is 6.15. The lowest BCUT2D eigenvalue weighted by Crippen LogP contribution is -2.55. The van der Waals surface area contributed by atoms with Gasteiger partial charge in [0.15, 0.2) is 0 Å². The first-order valence-corrected chi connectivity index (χ1v) is 11.5. The van der Waals surface area contributed by atoms with Crippen LogP contribution >= 0.6 is 0 Å². The fraction of sp³-hybridized carbons (Fsp3) is 0.619. The van der Waals surface area contributed by atoms with E-state index in [2.05, 4.69) is 5.32 Å². The molecule has 1 aromatic rings. The summed E-state index contributed by atoms with van der Waals surface area (Å²) in [6.45, 7) is 14.2. The summed E-state index contributed by atoms with van der Waals surface area (Å²) in [5, 5.41) is 2.66. The number of nitrogens with one attached hydrogen (secondary N) is 1. The summed E-state index contributed by atoms with van der Waals surface area (Å²) in [4.78, 5) is 26.1. The molecule has 0 spiro atoms. The van der Waals surface area contributed by atoms with Crippen LogP contribution in [0.2, 0.25) is 0 Å². The maximum atomic E-state index is 13.4. The van der Waals surface area contributed by atoms with E-state index in [1.165, 1.54) is 4.31 Å². The van der Waals surface area contributed by atoms with E-state index in [0.29, 0.717) is 24.4 Å². The number of hydrogen-bond acceptors (Lipinski definition) is 4. The molecule has 1 heterocycles. The van der Waals surface area contributed by atoms with E-state index in [1.807, 2.05) is 34.6 Å². The molecule has 7 nitrogen and oxygen atoms in total. The predicted molar refractivity (Wildman–Crippen MR) is 113 cm³/mol. The topological polar surface area (TPSA) is 86.8 Å². The quantitative estimate of drug-likeness (QED) is 0.785. The highest BCUT2D eigenvalue weighted by Crippen LogP contribution is 2.31. The fourth-order valence-corrected chi connectivity index (χ4v) is 5.79. The summed E-state index contributed by atoms with van der Waals surface area (Å²) in [5.74, 6) is -0.360. The minimum Gasteiger partial charge on any atom is -0.345 e. The van der Waals surface area contributed by atoms with Crippen LogP contribution < -0.4 is 5.32 Å². The van der Waals surface area contributed by atoms with Gasteiger partial charge in [-0.1, -0.05) is 6.92 Å². The van der Waals surface area contributed by atoms with Crippen molar-refractivity contribution in [3.63, 3.8) is 0 Å². The minimum absolute atomic E-state index is 0.178. The zero-order chi connectivity index (χ0) is 22.1. The van der Waals surface area contributed by atoms with Gasteiger partial charge in [-0.3, -0.25) is 9.59 Å². The molecular weight excluding hydrogens is 390 g/mol. The highest BCUT2D eigenvalue weighted by atomic mass is 32.2. The smallest absolute Gasteiger partial charge is 0.244 e. The molecule has 8 heteroatoms. The Kier molecular flexibility index (Phi) is 7.11. The van der Waals surface area contributed by atoms with E-state index in [1.54, 1.807) is 18.7 Å². The number of rotatable bonds is 5. The molecule has 0 radical (unpaired) electrons. The highest BCUT2D eigenvalue weighted by molar-refractivity contribution is 7.89. The van der Waals surface area contributed by atoms with E-state index in [-0.39, 0.29) is 24.9 Å². The fourth-order valence-electron chi connectivity index (χ4n) is 3.81. The third-order valence-corrected chi connectivity index (χ3v) is 8.32. The van der Waals surface area contributed by atoms with E-state index < -0.39 is 16.1 Å². The Bertz CT molecular complexity index is 887. The summed E-state index contributed by atoms with van der Waals surface area (Å²) in [7, 11) is -3.65. The zero-order valence-electron chi connectivity index (χ0n) is 18.5. The van der Waals surface area contributed by atoms with Gasteiger partial charge in [0, 0.05) is 32.6 Å². The van der Waals surface area contributed by atoms with Crippen LogP contribution in [0.4, 0.5) is 0 Å². The number of sulfonamides is 1. The first kappa shape index (κ1) is 23.3. The maximum absolute atomic E-state index is 13.4. The average molecular weight is 424 g/mol. The van der Waals surface area contributed by atoms with Gasteiger partial charge in [0.1, 0.15) is 6.04 Å². The average Bonchev–Trinajstić information content (AvgIpc) is 2.70. The Balaban J connectivity index is 2.19. The molecule has 0 aromatic heterocycles. The number of amides is 2. The van der Waals surface area contributed by atoms with E-state index in [4.69, 9.17) is 0 Å². The first-order chi connectivity index (χ1) is 13.4. The van der Waals surface area contributed by atoms with Gasteiger partial charge in [-0.2, -0.15) is 4.31 Å². The van der Waals surface area contributed by atoms with E-state index in [9.17, 15) is 18.0 Å². The summed E-state index contributed by atoms with van der Waals surface area (Å²) in [6.07, 6.45) is 0.317. The maximum Gasteiger partial charge on any atom is 0.244 e. The summed E-state index contributed by atoms with van der Waals surface area (Å²) in [5.41, 5.74) is 4.71. The zero-order valence-corrected chi connectivity index (χ0v) is 19.4. The monoisotopic (exact) mass is 423 g/mol. The molecule has 162 valence electrons. The molecule has 0 saturated carbocycles. The molecule has 1 fully saturated rings. The number of nitrogens with zero attached hydrogens (tertiary/aromatic N) is 2. The Morgan fingerprint density at radius 2 is 1.34 bits per heavy atom. The van der Waals surface area contributed by atoms with Gasteiger partial charge in [0.2, 0.25) is 21.8 Å². The summed E-state index contributed by atoms with van der Waals surface area (Å²) >= 11 is 0. The van der Waals surface area contributed by atoms with Crippen molar-refractivity contribution in [2.45, 2.75) is 65.8 Å². The molecule has 1 atom stereocenters. The SMILES string of the molecule is CCC(=O)NC(C)C(=O)N1CCN(S(=O)(=O)c2c(C)c(C)c(C)c(C)c2C)CC1. The van der Waals surface area contributed by atoms with Crippen molar-refractivity contribution >= 4 is 21.8 Å². The van der Waals surface area contributed by atoms with Crippen molar-refractivity contribution in [3.05, 3.63) is 27.8 Å². The number of carbonyl (C=O) groups is 2. The van der Waals surface area contributed by atoms with Gasteiger partial charge < -0.3 is 10.2 Å².